The first-order valence-electron chi connectivity index (χ1n) is 9.55. The van der Waals surface area contributed by atoms with Gasteiger partial charge >= 0.3 is 0 Å². The predicted molar refractivity (Wildman–Crippen MR) is 113 cm³/mol. The first-order valence-corrected chi connectivity index (χ1v) is 9.93. The molecule has 0 saturated carbocycles. The van der Waals surface area contributed by atoms with E-state index in [-0.39, 0.29) is 23.5 Å². The van der Waals surface area contributed by atoms with E-state index >= 15 is 0 Å². The Hall–Kier alpha value is -1.88. The highest BCUT2D eigenvalue weighted by Gasteiger charge is 2.47. The van der Waals surface area contributed by atoms with E-state index in [9.17, 15) is 4.79 Å². The van der Waals surface area contributed by atoms with Gasteiger partial charge in [-0.1, -0.05) is 48.9 Å². The second kappa shape index (κ2) is 8.24. The molecule has 1 aliphatic heterocycles. The number of amides is 1. The number of halogens is 1. The molecule has 0 bridgehead atoms. The quantitative estimate of drug-likeness (QED) is 0.651. The Bertz CT molecular complexity index is 834. The zero-order valence-electron chi connectivity index (χ0n) is 17.0. The van der Waals surface area contributed by atoms with E-state index in [1.807, 2.05) is 35.2 Å². The Morgan fingerprint density at radius 3 is 2.43 bits per heavy atom. The molecule has 0 unspecified atom stereocenters. The number of nitrogens with zero attached hydrogens (tertiary/aromatic N) is 1. The van der Waals surface area contributed by atoms with E-state index in [4.69, 9.17) is 21.1 Å². The highest BCUT2D eigenvalue weighted by molar-refractivity contribution is 6.30. The third-order valence-electron chi connectivity index (χ3n) is 5.52. The van der Waals surface area contributed by atoms with Crippen LogP contribution >= 0.6 is 11.6 Å². The van der Waals surface area contributed by atoms with Gasteiger partial charge in [-0.2, -0.15) is 0 Å². The van der Waals surface area contributed by atoms with Gasteiger partial charge in [0, 0.05) is 28.8 Å². The molecule has 0 aromatic heterocycles. The van der Waals surface area contributed by atoms with Crippen molar-refractivity contribution < 1.29 is 14.3 Å². The Kier molecular flexibility index (Phi) is 6.13. The highest BCUT2D eigenvalue weighted by atomic mass is 35.5. The zero-order chi connectivity index (χ0) is 20.4. The maximum absolute atomic E-state index is 13.1. The number of rotatable bonds is 6. The molecule has 1 atom stereocenters. The van der Waals surface area contributed by atoms with E-state index in [0.29, 0.717) is 13.2 Å². The number of para-hydroxylation sites is 1. The van der Waals surface area contributed by atoms with Gasteiger partial charge in [0.05, 0.1) is 13.2 Å². The summed E-state index contributed by atoms with van der Waals surface area (Å²) in [6, 6.07) is 16.2. The van der Waals surface area contributed by atoms with E-state index in [1.54, 1.807) is 7.11 Å². The maximum Gasteiger partial charge on any atom is 0.253 e. The van der Waals surface area contributed by atoms with E-state index in [2.05, 4.69) is 39.0 Å². The monoisotopic (exact) mass is 401 g/mol. The third-order valence-corrected chi connectivity index (χ3v) is 5.77. The minimum absolute atomic E-state index is 0.0355. The van der Waals surface area contributed by atoms with Gasteiger partial charge < -0.3 is 14.4 Å². The first kappa shape index (κ1) is 20.8. The molecule has 0 saturated heterocycles. The number of anilines is 1. The molecule has 150 valence electrons. The van der Waals surface area contributed by atoms with Crippen molar-refractivity contribution >= 4 is 23.2 Å². The fraction of sp³-hybridized carbons (Fsp3) is 0.435. The summed E-state index contributed by atoms with van der Waals surface area (Å²) in [5.41, 5.74) is 2.68. The van der Waals surface area contributed by atoms with Crippen LogP contribution in [0.25, 0.3) is 0 Å². The second-order valence-electron chi connectivity index (χ2n) is 8.12. The summed E-state index contributed by atoms with van der Waals surface area (Å²) in [5.74, 6) is -0.0355. The van der Waals surface area contributed by atoms with Crippen molar-refractivity contribution in [2.75, 3.05) is 31.8 Å². The fourth-order valence-electron chi connectivity index (χ4n) is 4.41. The van der Waals surface area contributed by atoms with Crippen molar-refractivity contribution in [1.82, 2.24) is 0 Å². The molecule has 0 radical (unpaired) electrons. The first-order chi connectivity index (χ1) is 13.3. The standard InChI is InChI=1S/C23H28ClNO3/c1-22(2)16-23(3,17-9-11-18(24)12-10-17)19-7-5-6-8-20(19)25(22)21(26)15-28-14-13-27-4/h5-12H,13-16H2,1-4H3/t23-/m1/s1. The van der Waals surface area contributed by atoms with Crippen molar-refractivity contribution in [3.05, 3.63) is 64.7 Å². The van der Waals surface area contributed by atoms with Gasteiger partial charge in [0.25, 0.3) is 5.91 Å². The molecule has 0 fully saturated rings. The molecule has 4 nitrogen and oxygen atoms in total. The lowest BCUT2D eigenvalue weighted by molar-refractivity contribution is -0.124. The van der Waals surface area contributed by atoms with Crippen LogP contribution in [0.3, 0.4) is 0 Å². The van der Waals surface area contributed by atoms with Crippen molar-refractivity contribution in [1.29, 1.82) is 0 Å². The van der Waals surface area contributed by atoms with E-state index in [0.717, 1.165) is 22.7 Å². The molecule has 2 aromatic rings. The summed E-state index contributed by atoms with van der Waals surface area (Å²) in [6.45, 7) is 7.39. The molecule has 3 rings (SSSR count). The number of hydrogen-bond acceptors (Lipinski definition) is 3. The molecule has 1 heterocycles. The summed E-state index contributed by atoms with van der Waals surface area (Å²) in [7, 11) is 1.62. The number of fused-ring (bicyclic) bond motifs is 1. The van der Waals surface area contributed by atoms with Crippen LogP contribution in [-0.4, -0.2) is 38.4 Å². The summed E-state index contributed by atoms with van der Waals surface area (Å²) >= 11 is 6.11. The van der Waals surface area contributed by atoms with Crippen molar-refractivity contribution in [2.45, 2.75) is 38.1 Å². The van der Waals surface area contributed by atoms with Crippen LogP contribution in [0.15, 0.2) is 48.5 Å². The smallest absolute Gasteiger partial charge is 0.253 e. The van der Waals surface area contributed by atoms with Gasteiger partial charge in [-0.3, -0.25) is 4.79 Å². The normalized spacial score (nSPS) is 20.7. The van der Waals surface area contributed by atoms with Crippen LogP contribution in [0.4, 0.5) is 5.69 Å². The summed E-state index contributed by atoms with van der Waals surface area (Å²) in [4.78, 5) is 15.0. The Morgan fingerprint density at radius 1 is 1.07 bits per heavy atom. The van der Waals surface area contributed by atoms with E-state index in [1.165, 1.54) is 5.56 Å². The van der Waals surface area contributed by atoms with Crippen LogP contribution in [0, 0.1) is 0 Å². The average molecular weight is 402 g/mol. The Morgan fingerprint density at radius 2 is 1.75 bits per heavy atom. The molecule has 2 aromatic carbocycles. The molecule has 1 aliphatic rings. The van der Waals surface area contributed by atoms with Crippen LogP contribution in [0.2, 0.25) is 5.02 Å². The molecule has 0 N–H and O–H groups in total. The number of methoxy groups -OCH3 is 1. The maximum atomic E-state index is 13.1. The van der Waals surface area contributed by atoms with Gasteiger partial charge in [-0.15, -0.1) is 0 Å². The molecular weight excluding hydrogens is 374 g/mol. The topological polar surface area (TPSA) is 38.8 Å². The van der Waals surface area contributed by atoms with Crippen LogP contribution in [0.5, 0.6) is 0 Å². The molecular formula is C23H28ClNO3. The third kappa shape index (κ3) is 3.95. The second-order valence-corrected chi connectivity index (χ2v) is 8.56. The number of carbonyl (C=O) groups excluding carboxylic acids is 1. The van der Waals surface area contributed by atoms with Crippen LogP contribution in [0.1, 0.15) is 38.3 Å². The molecule has 5 heteroatoms. The van der Waals surface area contributed by atoms with Gasteiger partial charge in [0.15, 0.2) is 0 Å². The number of hydrogen-bond donors (Lipinski definition) is 0. The van der Waals surface area contributed by atoms with E-state index < -0.39 is 0 Å². The van der Waals surface area contributed by atoms with Gasteiger partial charge in [-0.25, -0.2) is 0 Å². The van der Waals surface area contributed by atoms with Crippen molar-refractivity contribution in [2.24, 2.45) is 0 Å². The number of benzene rings is 2. The van der Waals surface area contributed by atoms with Crippen molar-refractivity contribution in [3.8, 4) is 0 Å². The molecule has 0 spiro atoms. The summed E-state index contributed by atoms with van der Waals surface area (Å²) in [5, 5.41) is 0.723. The lowest BCUT2D eigenvalue weighted by Gasteiger charge is -2.51. The SMILES string of the molecule is COCCOCC(=O)N1c2ccccc2[C@@](C)(c2ccc(Cl)cc2)CC1(C)C. The molecule has 1 amide bonds. The summed E-state index contributed by atoms with van der Waals surface area (Å²) < 4.78 is 10.5. The van der Waals surface area contributed by atoms with Gasteiger partial charge in [0.2, 0.25) is 0 Å². The fourth-order valence-corrected chi connectivity index (χ4v) is 4.54. The molecule has 0 aliphatic carbocycles. The van der Waals surface area contributed by atoms with Crippen LogP contribution in [-0.2, 0) is 19.7 Å². The van der Waals surface area contributed by atoms with Gasteiger partial charge in [-0.05, 0) is 49.6 Å². The number of carbonyl (C=O) groups is 1. The summed E-state index contributed by atoms with van der Waals surface area (Å²) in [6.07, 6.45) is 0.794. The molecule has 28 heavy (non-hydrogen) atoms. The zero-order valence-corrected chi connectivity index (χ0v) is 17.8. The average Bonchev–Trinajstić information content (AvgIpc) is 2.65. The van der Waals surface area contributed by atoms with Crippen molar-refractivity contribution in [3.63, 3.8) is 0 Å². The van der Waals surface area contributed by atoms with Gasteiger partial charge in [0.1, 0.15) is 6.61 Å². The van der Waals surface area contributed by atoms with Crippen LogP contribution < -0.4 is 4.90 Å². The Balaban J connectivity index is 2.00. The lowest BCUT2D eigenvalue weighted by atomic mass is 9.65. The number of ether oxygens (including phenoxy) is 2. The lowest BCUT2D eigenvalue weighted by Crippen LogP contribution is -2.56. The minimum atomic E-state index is -0.371. The predicted octanol–water partition coefficient (Wildman–Crippen LogP) is 4.82. The minimum Gasteiger partial charge on any atom is -0.382 e. The highest BCUT2D eigenvalue weighted by Crippen LogP contribution is 2.50. The largest absolute Gasteiger partial charge is 0.382 e. The Labute approximate surface area is 172 Å².